The van der Waals surface area contributed by atoms with Gasteiger partial charge in [0.2, 0.25) is 11.8 Å². The second-order valence-electron chi connectivity index (χ2n) is 6.16. The highest BCUT2D eigenvalue weighted by Gasteiger charge is 2.31. The normalized spacial score (nSPS) is 22.5. The predicted molar refractivity (Wildman–Crippen MR) is 89.4 cm³/mol. The van der Waals surface area contributed by atoms with Crippen LogP contribution in [0.4, 0.5) is 0 Å². The molecule has 1 N–H and O–H groups in total. The van der Waals surface area contributed by atoms with Crippen molar-refractivity contribution in [2.75, 3.05) is 32.7 Å². The van der Waals surface area contributed by atoms with Crippen molar-refractivity contribution >= 4 is 23.2 Å². The fraction of sp³-hybridized carbons (Fsp3) is 0.688. The number of rotatable bonds is 4. The summed E-state index contributed by atoms with van der Waals surface area (Å²) in [6.07, 6.45) is 3.24. The van der Waals surface area contributed by atoms with Crippen molar-refractivity contribution in [2.24, 2.45) is 0 Å². The number of hydrogen-bond acceptors (Lipinski definition) is 5. The molecule has 1 atom stereocenters. The van der Waals surface area contributed by atoms with Gasteiger partial charge in [-0.05, 0) is 19.3 Å². The average molecular weight is 336 g/mol. The zero-order chi connectivity index (χ0) is 16.2. The lowest BCUT2D eigenvalue weighted by Gasteiger charge is -2.41. The molecule has 126 valence electrons. The summed E-state index contributed by atoms with van der Waals surface area (Å²) >= 11 is 1.62. The molecule has 2 amide bonds. The third kappa shape index (κ3) is 3.90. The minimum Gasteiger partial charge on any atom is -0.340 e. The highest BCUT2D eigenvalue weighted by Crippen LogP contribution is 2.19. The molecule has 2 fully saturated rings. The SMILES string of the molecule is CCc1nc(CC(=O)N2CCCC(N3CCNCC3=O)C2)cs1. The lowest BCUT2D eigenvalue weighted by Crippen LogP contribution is -2.57. The summed E-state index contributed by atoms with van der Waals surface area (Å²) in [6.45, 7) is 5.54. The molecule has 3 rings (SSSR count). The molecule has 23 heavy (non-hydrogen) atoms. The number of piperazine rings is 1. The molecule has 0 aromatic carbocycles. The molecular weight excluding hydrogens is 312 g/mol. The van der Waals surface area contributed by atoms with Gasteiger partial charge < -0.3 is 15.1 Å². The standard InChI is InChI=1S/C16H24N4O2S/c1-2-14-18-12(11-23-14)8-15(21)19-6-3-4-13(10-19)20-7-5-17-9-16(20)22/h11,13,17H,2-10H2,1H3. The van der Waals surface area contributed by atoms with Gasteiger partial charge >= 0.3 is 0 Å². The number of likely N-dealkylation sites (tertiary alicyclic amines) is 1. The van der Waals surface area contributed by atoms with Gasteiger partial charge in [0.1, 0.15) is 0 Å². The van der Waals surface area contributed by atoms with E-state index in [4.69, 9.17) is 0 Å². The van der Waals surface area contributed by atoms with Crippen molar-refractivity contribution < 1.29 is 9.59 Å². The van der Waals surface area contributed by atoms with Gasteiger partial charge in [-0.25, -0.2) is 4.98 Å². The second kappa shape index (κ2) is 7.40. The van der Waals surface area contributed by atoms with Crippen molar-refractivity contribution in [3.63, 3.8) is 0 Å². The summed E-state index contributed by atoms with van der Waals surface area (Å²) in [4.78, 5) is 32.9. The van der Waals surface area contributed by atoms with Crippen LogP contribution in [0.2, 0.25) is 0 Å². The molecule has 7 heteroatoms. The lowest BCUT2D eigenvalue weighted by molar-refractivity contribution is -0.140. The first-order chi connectivity index (χ1) is 11.2. The Labute approximate surface area is 140 Å². The van der Waals surface area contributed by atoms with E-state index in [1.54, 1.807) is 11.3 Å². The van der Waals surface area contributed by atoms with Crippen LogP contribution in [0.5, 0.6) is 0 Å². The van der Waals surface area contributed by atoms with Crippen molar-refractivity contribution in [3.8, 4) is 0 Å². The summed E-state index contributed by atoms with van der Waals surface area (Å²) in [6, 6.07) is 0.170. The Morgan fingerprint density at radius 1 is 1.48 bits per heavy atom. The van der Waals surface area contributed by atoms with Crippen LogP contribution < -0.4 is 5.32 Å². The zero-order valence-electron chi connectivity index (χ0n) is 13.6. The van der Waals surface area contributed by atoms with Gasteiger partial charge in [-0.15, -0.1) is 11.3 Å². The lowest BCUT2D eigenvalue weighted by atomic mass is 10.0. The van der Waals surface area contributed by atoms with Crippen LogP contribution in [-0.2, 0) is 22.4 Å². The largest absolute Gasteiger partial charge is 0.340 e. The molecular formula is C16H24N4O2S. The van der Waals surface area contributed by atoms with Crippen LogP contribution in [-0.4, -0.2) is 65.4 Å². The number of carbonyl (C=O) groups is 2. The van der Waals surface area contributed by atoms with Crippen LogP contribution in [0, 0.1) is 0 Å². The van der Waals surface area contributed by atoms with E-state index < -0.39 is 0 Å². The van der Waals surface area contributed by atoms with Gasteiger partial charge in [-0.1, -0.05) is 6.92 Å². The molecule has 0 bridgehead atoms. The smallest absolute Gasteiger partial charge is 0.236 e. The average Bonchev–Trinajstić information content (AvgIpc) is 3.03. The molecule has 3 heterocycles. The predicted octanol–water partition coefficient (Wildman–Crippen LogP) is 0.671. The van der Waals surface area contributed by atoms with Crippen LogP contribution in [0.3, 0.4) is 0 Å². The van der Waals surface area contributed by atoms with Gasteiger partial charge in [0.05, 0.1) is 23.7 Å². The first kappa shape index (κ1) is 16.4. The zero-order valence-corrected chi connectivity index (χ0v) is 14.4. The van der Waals surface area contributed by atoms with Gasteiger partial charge in [-0.3, -0.25) is 9.59 Å². The Kier molecular flexibility index (Phi) is 5.27. The Balaban J connectivity index is 1.58. The second-order valence-corrected chi connectivity index (χ2v) is 7.11. The van der Waals surface area contributed by atoms with Gasteiger partial charge in [0, 0.05) is 37.6 Å². The monoisotopic (exact) mass is 336 g/mol. The van der Waals surface area contributed by atoms with E-state index in [1.807, 2.05) is 15.2 Å². The highest BCUT2D eigenvalue weighted by molar-refractivity contribution is 7.09. The van der Waals surface area contributed by atoms with Gasteiger partial charge in [-0.2, -0.15) is 0 Å². The first-order valence-corrected chi connectivity index (χ1v) is 9.26. The minimum atomic E-state index is 0.130. The van der Waals surface area contributed by atoms with Crippen LogP contribution in [0.15, 0.2) is 5.38 Å². The molecule has 1 aromatic rings. The molecule has 2 aliphatic rings. The fourth-order valence-corrected chi connectivity index (χ4v) is 4.05. The van der Waals surface area contributed by atoms with Crippen LogP contribution >= 0.6 is 11.3 Å². The minimum absolute atomic E-state index is 0.130. The Morgan fingerprint density at radius 3 is 3.09 bits per heavy atom. The first-order valence-electron chi connectivity index (χ1n) is 8.38. The molecule has 0 radical (unpaired) electrons. The van der Waals surface area contributed by atoms with E-state index in [0.29, 0.717) is 19.5 Å². The van der Waals surface area contributed by atoms with Gasteiger partial charge in [0.25, 0.3) is 0 Å². The van der Waals surface area contributed by atoms with Crippen molar-refractivity contribution in [2.45, 2.75) is 38.6 Å². The molecule has 2 aliphatic heterocycles. The Hall–Kier alpha value is -1.47. The molecule has 1 unspecified atom stereocenters. The molecule has 0 spiro atoms. The van der Waals surface area contributed by atoms with E-state index in [-0.39, 0.29) is 17.9 Å². The molecule has 1 aromatic heterocycles. The third-order valence-electron chi connectivity index (χ3n) is 4.55. The number of piperidine rings is 1. The van der Waals surface area contributed by atoms with E-state index in [1.165, 1.54) is 0 Å². The van der Waals surface area contributed by atoms with Crippen molar-refractivity contribution in [1.82, 2.24) is 20.1 Å². The summed E-state index contributed by atoms with van der Waals surface area (Å²) in [5, 5.41) is 6.16. The van der Waals surface area contributed by atoms with Crippen LogP contribution in [0.1, 0.15) is 30.5 Å². The van der Waals surface area contributed by atoms with Crippen molar-refractivity contribution in [1.29, 1.82) is 0 Å². The maximum Gasteiger partial charge on any atom is 0.236 e. The maximum atomic E-state index is 12.5. The van der Waals surface area contributed by atoms with Gasteiger partial charge in [0.15, 0.2) is 0 Å². The molecule has 2 saturated heterocycles. The molecule has 0 aliphatic carbocycles. The number of carbonyl (C=O) groups excluding carboxylic acids is 2. The van der Waals surface area contributed by atoms with Crippen molar-refractivity contribution in [3.05, 3.63) is 16.1 Å². The summed E-state index contributed by atoms with van der Waals surface area (Å²) in [5.41, 5.74) is 0.872. The molecule has 0 saturated carbocycles. The highest BCUT2D eigenvalue weighted by atomic mass is 32.1. The van der Waals surface area contributed by atoms with E-state index in [0.717, 1.165) is 49.6 Å². The third-order valence-corrected chi connectivity index (χ3v) is 5.59. The number of nitrogens with zero attached hydrogens (tertiary/aromatic N) is 3. The number of thiazole rings is 1. The van der Waals surface area contributed by atoms with E-state index in [9.17, 15) is 9.59 Å². The summed E-state index contributed by atoms with van der Waals surface area (Å²) in [5.74, 6) is 0.285. The van der Waals surface area contributed by atoms with E-state index in [2.05, 4.69) is 17.2 Å². The number of hydrogen-bond donors (Lipinski definition) is 1. The number of aryl methyl sites for hydroxylation is 1. The quantitative estimate of drug-likeness (QED) is 0.878. The van der Waals surface area contributed by atoms with E-state index >= 15 is 0 Å². The topological polar surface area (TPSA) is 65.5 Å². The maximum absolute atomic E-state index is 12.5. The van der Waals surface area contributed by atoms with Crippen LogP contribution in [0.25, 0.3) is 0 Å². The Bertz CT molecular complexity index is 574. The number of nitrogens with one attached hydrogen (secondary N) is 1. The summed E-state index contributed by atoms with van der Waals surface area (Å²) in [7, 11) is 0. The number of aromatic nitrogens is 1. The number of amides is 2. The Morgan fingerprint density at radius 2 is 2.35 bits per heavy atom. The fourth-order valence-electron chi connectivity index (χ4n) is 3.30. The molecule has 6 nitrogen and oxygen atoms in total. The summed E-state index contributed by atoms with van der Waals surface area (Å²) < 4.78 is 0.